The van der Waals surface area contributed by atoms with Crippen molar-refractivity contribution >= 4 is 30.4 Å². The van der Waals surface area contributed by atoms with Gasteiger partial charge in [0.2, 0.25) is 6.41 Å². The molecule has 7 heteroatoms. The number of ether oxygens (including phenoxy) is 2. The van der Waals surface area contributed by atoms with Gasteiger partial charge in [0.1, 0.15) is 23.9 Å². The largest absolute Gasteiger partial charge is 0.492 e. The molecule has 0 saturated carbocycles. The maximum atomic E-state index is 11.5. The molecule has 1 amide bonds. The Morgan fingerprint density at radius 3 is 2.21 bits per heavy atom. The van der Waals surface area contributed by atoms with Crippen molar-refractivity contribution in [3.8, 4) is 17.2 Å². The van der Waals surface area contributed by atoms with Crippen LogP contribution in [-0.4, -0.2) is 43.8 Å². The second-order valence-electron chi connectivity index (χ2n) is 7.28. The topological polar surface area (TPSA) is 54.0 Å². The molecule has 0 fully saturated rings. The molecule has 0 atom stereocenters. The van der Waals surface area contributed by atoms with Crippen LogP contribution in [0.25, 0.3) is 0 Å². The van der Waals surface area contributed by atoms with Gasteiger partial charge < -0.3 is 19.7 Å². The van der Waals surface area contributed by atoms with Crippen molar-refractivity contribution in [3.63, 3.8) is 0 Å². The van der Waals surface area contributed by atoms with Crippen LogP contribution >= 0.6 is 12.6 Å². The van der Waals surface area contributed by atoms with Gasteiger partial charge >= 0.3 is 0 Å². The first-order chi connectivity index (χ1) is 16.2. The standard InChI is InChI=1S/C26H29N3O3S/c1-28(18-20-33)17-19-31-24-13-9-23(10-14-24)29(21-30)16-15-27-22-7-11-26(12-8-22)32-25-5-3-2-4-6-25/h2-16,21,27,33H,17-20H2,1H3/b16-15-. The summed E-state index contributed by atoms with van der Waals surface area (Å²) in [6.45, 7) is 2.35. The van der Waals surface area contributed by atoms with E-state index >= 15 is 0 Å². The summed E-state index contributed by atoms with van der Waals surface area (Å²) < 4.78 is 11.6. The highest BCUT2D eigenvalue weighted by Crippen LogP contribution is 2.23. The predicted molar refractivity (Wildman–Crippen MR) is 138 cm³/mol. The number of amides is 1. The average molecular weight is 464 g/mol. The lowest BCUT2D eigenvalue weighted by atomic mass is 10.3. The van der Waals surface area contributed by atoms with Crippen molar-refractivity contribution in [2.24, 2.45) is 0 Å². The van der Waals surface area contributed by atoms with Crippen LogP contribution in [0.4, 0.5) is 11.4 Å². The van der Waals surface area contributed by atoms with E-state index in [0.29, 0.717) is 6.61 Å². The number of para-hydroxylation sites is 1. The van der Waals surface area contributed by atoms with Gasteiger partial charge in [0.05, 0.1) is 0 Å². The van der Waals surface area contributed by atoms with Gasteiger partial charge in [-0.2, -0.15) is 12.6 Å². The number of benzene rings is 3. The summed E-state index contributed by atoms with van der Waals surface area (Å²) in [5, 5.41) is 3.16. The van der Waals surface area contributed by atoms with Gasteiger partial charge in [-0.05, 0) is 67.7 Å². The number of nitrogens with zero attached hydrogens (tertiary/aromatic N) is 2. The van der Waals surface area contributed by atoms with Crippen molar-refractivity contribution < 1.29 is 14.3 Å². The van der Waals surface area contributed by atoms with Crippen LogP contribution in [-0.2, 0) is 4.79 Å². The highest BCUT2D eigenvalue weighted by molar-refractivity contribution is 7.80. The van der Waals surface area contributed by atoms with Crippen LogP contribution in [0, 0.1) is 0 Å². The molecule has 3 rings (SSSR count). The molecule has 172 valence electrons. The summed E-state index contributed by atoms with van der Waals surface area (Å²) in [4.78, 5) is 15.2. The first kappa shape index (κ1) is 24.2. The molecular weight excluding hydrogens is 434 g/mol. The van der Waals surface area contributed by atoms with E-state index in [0.717, 1.165) is 53.9 Å². The van der Waals surface area contributed by atoms with E-state index in [1.165, 1.54) is 4.90 Å². The number of anilines is 2. The van der Waals surface area contributed by atoms with E-state index in [1.807, 2.05) is 85.9 Å². The molecule has 3 aromatic carbocycles. The molecule has 3 aromatic rings. The summed E-state index contributed by atoms with van der Waals surface area (Å²) in [6, 6.07) is 24.6. The number of likely N-dealkylation sites (N-methyl/N-ethyl adjacent to an activating group) is 1. The van der Waals surface area contributed by atoms with Gasteiger partial charge in [-0.1, -0.05) is 18.2 Å². The Kier molecular flexibility index (Phi) is 9.69. The van der Waals surface area contributed by atoms with Crippen molar-refractivity contribution in [1.29, 1.82) is 0 Å². The lowest BCUT2D eigenvalue weighted by molar-refractivity contribution is -0.106. The second kappa shape index (κ2) is 13.2. The first-order valence-electron chi connectivity index (χ1n) is 10.7. The van der Waals surface area contributed by atoms with Gasteiger partial charge in [-0.15, -0.1) is 0 Å². The minimum atomic E-state index is 0.597. The zero-order valence-electron chi connectivity index (χ0n) is 18.6. The van der Waals surface area contributed by atoms with E-state index in [4.69, 9.17) is 9.47 Å². The normalized spacial score (nSPS) is 10.9. The molecule has 0 spiro atoms. The molecule has 0 aliphatic heterocycles. The molecule has 1 N–H and O–H groups in total. The number of carbonyl (C=O) groups excluding carboxylic acids is 1. The fourth-order valence-corrected chi connectivity index (χ4v) is 3.30. The highest BCUT2D eigenvalue weighted by atomic mass is 32.1. The predicted octanol–water partition coefficient (Wildman–Crippen LogP) is 5.27. The van der Waals surface area contributed by atoms with Crippen molar-refractivity contribution in [1.82, 2.24) is 4.90 Å². The van der Waals surface area contributed by atoms with E-state index in [9.17, 15) is 4.79 Å². The average Bonchev–Trinajstić information content (AvgIpc) is 2.84. The number of thiol groups is 1. The van der Waals surface area contributed by atoms with E-state index < -0.39 is 0 Å². The molecule has 0 bridgehead atoms. The molecule has 6 nitrogen and oxygen atoms in total. The molecule has 0 saturated heterocycles. The Labute approximate surface area is 200 Å². The summed E-state index contributed by atoms with van der Waals surface area (Å²) in [7, 11) is 2.04. The minimum Gasteiger partial charge on any atom is -0.492 e. The molecule has 33 heavy (non-hydrogen) atoms. The summed E-state index contributed by atoms with van der Waals surface area (Å²) in [5.74, 6) is 3.13. The number of rotatable bonds is 13. The Bertz CT molecular complexity index is 996. The monoisotopic (exact) mass is 463 g/mol. The van der Waals surface area contributed by atoms with Gasteiger partial charge in [0.25, 0.3) is 0 Å². The zero-order chi connectivity index (χ0) is 23.3. The molecule has 0 aliphatic rings. The van der Waals surface area contributed by atoms with Gasteiger partial charge in [-0.25, -0.2) is 0 Å². The Morgan fingerprint density at radius 1 is 0.879 bits per heavy atom. The van der Waals surface area contributed by atoms with Crippen LogP contribution in [0.3, 0.4) is 0 Å². The van der Waals surface area contributed by atoms with Crippen molar-refractivity contribution in [2.45, 2.75) is 0 Å². The quantitative estimate of drug-likeness (QED) is 0.267. The second-order valence-corrected chi connectivity index (χ2v) is 7.73. The molecule has 0 heterocycles. The SMILES string of the molecule is CN(CCS)CCOc1ccc(N(C=O)/C=C\Nc2ccc(Oc3ccccc3)cc2)cc1. The molecule has 0 radical (unpaired) electrons. The van der Waals surface area contributed by atoms with E-state index in [-0.39, 0.29) is 0 Å². The number of carbonyl (C=O) groups is 1. The summed E-state index contributed by atoms with van der Waals surface area (Å²) >= 11 is 4.23. The van der Waals surface area contributed by atoms with Gasteiger partial charge in [-0.3, -0.25) is 9.69 Å². The molecular formula is C26H29N3O3S. The van der Waals surface area contributed by atoms with E-state index in [2.05, 4.69) is 22.8 Å². The van der Waals surface area contributed by atoms with Crippen LogP contribution < -0.4 is 19.7 Å². The highest BCUT2D eigenvalue weighted by Gasteiger charge is 2.03. The Balaban J connectivity index is 1.48. The third-order valence-electron chi connectivity index (χ3n) is 4.79. The Hall–Kier alpha value is -3.42. The Morgan fingerprint density at radius 2 is 1.55 bits per heavy atom. The van der Waals surface area contributed by atoms with Crippen molar-refractivity contribution in [2.75, 3.05) is 42.7 Å². The van der Waals surface area contributed by atoms with Crippen LogP contribution in [0.5, 0.6) is 17.2 Å². The number of hydrogen-bond donors (Lipinski definition) is 2. The van der Waals surface area contributed by atoms with Crippen LogP contribution in [0.1, 0.15) is 0 Å². The summed E-state index contributed by atoms with van der Waals surface area (Å²) in [5.41, 5.74) is 1.62. The maximum absolute atomic E-state index is 11.5. The molecule has 0 aliphatic carbocycles. The summed E-state index contributed by atoms with van der Waals surface area (Å²) in [6.07, 6.45) is 4.14. The van der Waals surface area contributed by atoms with Crippen molar-refractivity contribution in [3.05, 3.63) is 91.3 Å². The number of nitrogens with one attached hydrogen (secondary N) is 1. The number of hydrogen-bond acceptors (Lipinski definition) is 6. The van der Waals surface area contributed by atoms with E-state index in [1.54, 1.807) is 12.4 Å². The third kappa shape index (κ3) is 8.21. The maximum Gasteiger partial charge on any atom is 0.218 e. The molecule has 0 aromatic heterocycles. The lowest BCUT2D eigenvalue weighted by Crippen LogP contribution is -2.26. The third-order valence-corrected chi connectivity index (χ3v) is 4.99. The van der Waals surface area contributed by atoms with Crippen LogP contribution in [0.15, 0.2) is 91.3 Å². The van der Waals surface area contributed by atoms with Gasteiger partial charge in [0.15, 0.2) is 0 Å². The smallest absolute Gasteiger partial charge is 0.218 e. The fraction of sp³-hybridized carbons (Fsp3) is 0.192. The molecule has 0 unspecified atom stereocenters. The van der Waals surface area contributed by atoms with Gasteiger partial charge in [0, 0.05) is 42.6 Å². The minimum absolute atomic E-state index is 0.597. The zero-order valence-corrected chi connectivity index (χ0v) is 19.5. The lowest BCUT2D eigenvalue weighted by Gasteiger charge is -2.16. The fourth-order valence-electron chi connectivity index (χ4n) is 2.96. The first-order valence-corrected chi connectivity index (χ1v) is 11.3. The van der Waals surface area contributed by atoms with Crippen LogP contribution in [0.2, 0.25) is 0 Å².